The van der Waals surface area contributed by atoms with Crippen molar-refractivity contribution in [2.75, 3.05) is 18.1 Å². The molecule has 100 valence electrons. The van der Waals surface area contributed by atoms with Crippen molar-refractivity contribution in [1.82, 2.24) is 9.97 Å². The Morgan fingerprint density at radius 1 is 1.44 bits per heavy atom. The van der Waals surface area contributed by atoms with Crippen molar-refractivity contribution < 1.29 is 9.53 Å². The number of anilines is 1. The van der Waals surface area contributed by atoms with Crippen LogP contribution in [0.3, 0.4) is 0 Å². The van der Waals surface area contributed by atoms with Crippen molar-refractivity contribution in [3.05, 3.63) is 11.9 Å². The number of hydrogen-bond donors (Lipinski definition) is 1. The van der Waals surface area contributed by atoms with Crippen molar-refractivity contribution >= 4 is 23.5 Å². The second-order valence-corrected chi connectivity index (χ2v) is 5.79. The minimum Gasteiger partial charge on any atom is -0.465 e. The van der Waals surface area contributed by atoms with Gasteiger partial charge in [-0.15, -0.1) is 0 Å². The Kier molecular flexibility index (Phi) is 4.95. The molecule has 0 amide bonds. The summed E-state index contributed by atoms with van der Waals surface area (Å²) in [5.74, 6) is 1.07. The summed E-state index contributed by atoms with van der Waals surface area (Å²) in [5.41, 5.74) is 5.57. The van der Waals surface area contributed by atoms with E-state index in [-0.39, 0.29) is 17.1 Å². The van der Waals surface area contributed by atoms with E-state index in [0.717, 1.165) is 0 Å². The summed E-state index contributed by atoms with van der Waals surface area (Å²) in [7, 11) is 0. The van der Waals surface area contributed by atoms with Gasteiger partial charge in [0.25, 0.3) is 0 Å². The Labute approximate surface area is 112 Å². The molecule has 1 rings (SSSR count). The standard InChI is InChI=1S/C12H19N3O2S/c1-5-17-10(16)7-18-9-6-8(13)14-11(15-9)12(2,3)4/h6H,5,7H2,1-4H3,(H2,13,14,15). The molecule has 0 atom stereocenters. The number of hydrogen-bond acceptors (Lipinski definition) is 6. The van der Waals surface area contributed by atoms with Crippen molar-refractivity contribution in [2.45, 2.75) is 38.1 Å². The van der Waals surface area contributed by atoms with Crippen LogP contribution in [0, 0.1) is 0 Å². The van der Waals surface area contributed by atoms with Gasteiger partial charge in [0.15, 0.2) is 0 Å². The molecule has 0 fully saturated rings. The lowest BCUT2D eigenvalue weighted by Crippen LogP contribution is -2.17. The van der Waals surface area contributed by atoms with Crippen molar-refractivity contribution in [1.29, 1.82) is 0 Å². The second-order valence-electron chi connectivity index (χ2n) is 4.80. The molecule has 2 N–H and O–H groups in total. The molecule has 0 radical (unpaired) electrons. The zero-order chi connectivity index (χ0) is 13.8. The largest absolute Gasteiger partial charge is 0.465 e. The van der Waals surface area contributed by atoms with Crippen molar-refractivity contribution in [3.8, 4) is 0 Å². The van der Waals surface area contributed by atoms with Crippen molar-refractivity contribution in [2.24, 2.45) is 0 Å². The fourth-order valence-corrected chi connectivity index (χ4v) is 1.89. The van der Waals surface area contributed by atoms with Crippen LogP contribution in [0.25, 0.3) is 0 Å². The number of nitrogens with zero attached hydrogens (tertiary/aromatic N) is 2. The Bertz CT molecular complexity index is 430. The zero-order valence-corrected chi connectivity index (χ0v) is 12.0. The highest BCUT2D eigenvalue weighted by atomic mass is 32.2. The summed E-state index contributed by atoms with van der Waals surface area (Å²) in [5, 5.41) is 0.695. The van der Waals surface area contributed by atoms with Gasteiger partial charge in [0.05, 0.1) is 12.4 Å². The van der Waals surface area contributed by atoms with Gasteiger partial charge in [-0.25, -0.2) is 9.97 Å². The molecule has 6 heteroatoms. The van der Waals surface area contributed by atoms with Crippen LogP contribution in [0.5, 0.6) is 0 Å². The molecule has 5 nitrogen and oxygen atoms in total. The van der Waals surface area contributed by atoms with Gasteiger partial charge in [-0.2, -0.15) is 0 Å². The lowest BCUT2D eigenvalue weighted by molar-refractivity contribution is -0.139. The second kappa shape index (κ2) is 6.04. The fourth-order valence-electron chi connectivity index (χ4n) is 1.19. The third-order valence-electron chi connectivity index (χ3n) is 2.04. The number of nitrogen functional groups attached to an aromatic ring is 1. The fraction of sp³-hybridized carbons (Fsp3) is 0.583. The average molecular weight is 269 g/mol. The van der Waals surface area contributed by atoms with Crippen molar-refractivity contribution in [3.63, 3.8) is 0 Å². The van der Waals surface area contributed by atoms with E-state index in [9.17, 15) is 4.79 Å². The van der Waals surface area contributed by atoms with E-state index in [1.165, 1.54) is 11.8 Å². The van der Waals surface area contributed by atoms with E-state index in [0.29, 0.717) is 23.3 Å². The molecule has 1 aromatic heterocycles. The number of carbonyl (C=O) groups excluding carboxylic acids is 1. The number of nitrogens with two attached hydrogens (primary N) is 1. The van der Waals surface area contributed by atoms with Crippen LogP contribution in [0.1, 0.15) is 33.5 Å². The quantitative estimate of drug-likeness (QED) is 0.512. The summed E-state index contributed by atoms with van der Waals surface area (Å²) in [4.78, 5) is 19.9. The summed E-state index contributed by atoms with van der Waals surface area (Å²) >= 11 is 1.31. The van der Waals surface area contributed by atoms with Gasteiger partial charge in [-0.1, -0.05) is 32.5 Å². The van der Waals surface area contributed by atoms with E-state index < -0.39 is 0 Å². The average Bonchev–Trinajstić information content (AvgIpc) is 2.25. The molecule has 1 heterocycles. The first-order chi connectivity index (χ1) is 8.32. The highest BCUT2D eigenvalue weighted by Gasteiger charge is 2.19. The molecule has 0 aliphatic carbocycles. The van der Waals surface area contributed by atoms with Crippen LogP contribution in [0.2, 0.25) is 0 Å². The predicted octanol–water partition coefficient (Wildman–Crippen LogP) is 2.01. The lowest BCUT2D eigenvalue weighted by Gasteiger charge is -2.17. The summed E-state index contributed by atoms with van der Waals surface area (Å²) in [6.07, 6.45) is 0. The lowest BCUT2D eigenvalue weighted by atomic mass is 9.96. The maximum atomic E-state index is 11.3. The van der Waals surface area contributed by atoms with Crippen LogP contribution < -0.4 is 5.73 Å². The maximum Gasteiger partial charge on any atom is 0.316 e. The molecule has 0 aliphatic rings. The van der Waals surface area contributed by atoms with Crippen LogP contribution >= 0.6 is 11.8 Å². The maximum absolute atomic E-state index is 11.3. The Morgan fingerprint density at radius 3 is 2.67 bits per heavy atom. The van der Waals surface area contributed by atoms with Gasteiger partial charge in [-0.05, 0) is 6.92 Å². The van der Waals surface area contributed by atoms with Gasteiger partial charge < -0.3 is 10.5 Å². The number of carbonyl (C=O) groups is 1. The molecule has 0 saturated heterocycles. The summed E-state index contributed by atoms with van der Waals surface area (Å²) < 4.78 is 4.86. The number of rotatable bonds is 4. The molecule has 0 saturated carbocycles. The summed E-state index contributed by atoms with van der Waals surface area (Å²) in [6.45, 7) is 8.21. The predicted molar refractivity (Wildman–Crippen MR) is 72.5 cm³/mol. The number of aromatic nitrogens is 2. The highest BCUT2D eigenvalue weighted by molar-refractivity contribution is 7.99. The topological polar surface area (TPSA) is 78.1 Å². The number of ether oxygens (including phenoxy) is 1. The molecule has 0 aliphatic heterocycles. The van der Waals surface area contributed by atoms with Gasteiger partial charge >= 0.3 is 5.97 Å². The first kappa shape index (κ1) is 14.8. The monoisotopic (exact) mass is 269 g/mol. The zero-order valence-electron chi connectivity index (χ0n) is 11.2. The number of thioether (sulfide) groups is 1. The Balaban J connectivity index is 2.78. The molecule has 18 heavy (non-hydrogen) atoms. The highest BCUT2D eigenvalue weighted by Crippen LogP contribution is 2.23. The van der Waals surface area contributed by atoms with E-state index in [2.05, 4.69) is 9.97 Å². The normalized spacial score (nSPS) is 11.3. The Morgan fingerprint density at radius 2 is 2.11 bits per heavy atom. The third-order valence-corrected chi connectivity index (χ3v) is 2.92. The molecular weight excluding hydrogens is 250 g/mol. The molecule has 1 aromatic rings. The van der Waals surface area contributed by atoms with Crippen LogP contribution in [-0.4, -0.2) is 28.3 Å². The minimum atomic E-state index is -0.253. The van der Waals surface area contributed by atoms with Gasteiger partial charge in [0, 0.05) is 11.5 Å². The van der Waals surface area contributed by atoms with E-state index in [4.69, 9.17) is 10.5 Å². The Hall–Kier alpha value is -1.30. The summed E-state index contributed by atoms with van der Waals surface area (Å²) in [6, 6.07) is 1.67. The smallest absolute Gasteiger partial charge is 0.316 e. The van der Waals surface area contributed by atoms with Crippen LogP contribution in [-0.2, 0) is 14.9 Å². The van der Waals surface area contributed by atoms with Crippen LogP contribution in [0.15, 0.2) is 11.1 Å². The molecule has 0 spiro atoms. The van der Waals surface area contributed by atoms with Gasteiger partial charge in [-0.3, -0.25) is 4.79 Å². The molecular formula is C12H19N3O2S. The minimum absolute atomic E-state index is 0.172. The van der Waals surface area contributed by atoms with E-state index in [1.807, 2.05) is 20.8 Å². The molecule has 0 aromatic carbocycles. The van der Waals surface area contributed by atoms with Gasteiger partial charge in [0.2, 0.25) is 0 Å². The van der Waals surface area contributed by atoms with E-state index >= 15 is 0 Å². The van der Waals surface area contributed by atoms with Gasteiger partial charge in [0.1, 0.15) is 16.7 Å². The SMILES string of the molecule is CCOC(=O)CSc1cc(N)nc(C(C)(C)C)n1. The van der Waals surface area contributed by atoms with Crippen LogP contribution in [0.4, 0.5) is 5.82 Å². The first-order valence-corrected chi connectivity index (χ1v) is 6.75. The van der Waals surface area contributed by atoms with E-state index in [1.54, 1.807) is 13.0 Å². The number of esters is 1. The molecule has 0 unspecified atom stereocenters. The third kappa shape index (κ3) is 4.52. The first-order valence-electron chi connectivity index (χ1n) is 5.76. The molecule has 0 bridgehead atoms.